The number of piperidine rings is 1. The molecule has 1 aliphatic rings. The Bertz CT molecular complexity index is 745. The molecule has 0 unspecified atom stereocenters. The maximum absolute atomic E-state index is 12.7. The fourth-order valence-electron chi connectivity index (χ4n) is 3.23. The molecule has 114 valence electrons. The lowest BCUT2D eigenvalue weighted by Crippen LogP contribution is -2.41. The molecule has 1 aliphatic heterocycles. The van der Waals surface area contributed by atoms with Gasteiger partial charge in [0.2, 0.25) is 0 Å². The van der Waals surface area contributed by atoms with Crippen LogP contribution in [0.15, 0.2) is 36.2 Å². The van der Waals surface area contributed by atoms with Gasteiger partial charge < -0.3 is 14.5 Å². The average molecular weight is 314 g/mol. The standard InChI is InChI=1S/C16H18N4OS/c21-16(14-8-15-13(18-14)3-7-22-15)20-5-1-2-12(10-20)9-19-6-4-17-11-19/h3-4,6-8,11-12,18H,1-2,5,9-10H2/t12-/m1/s1. The number of nitrogens with one attached hydrogen (secondary N) is 1. The highest BCUT2D eigenvalue weighted by Gasteiger charge is 2.25. The van der Waals surface area contributed by atoms with Gasteiger partial charge in [0.05, 0.1) is 16.5 Å². The lowest BCUT2D eigenvalue weighted by molar-refractivity contribution is 0.0657. The van der Waals surface area contributed by atoms with Crippen molar-refractivity contribution in [3.05, 3.63) is 41.9 Å². The van der Waals surface area contributed by atoms with Crippen molar-refractivity contribution >= 4 is 27.5 Å². The van der Waals surface area contributed by atoms with Gasteiger partial charge in [0.25, 0.3) is 5.91 Å². The van der Waals surface area contributed by atoms with Crippen LogP contribution in [0.2, 0.25) is 0 Å². The Morgan fingerprint density at radius 2 is 2.45 bits per heavy atom. The Morgan fingerprint density at radius 3 is 3.27 bits per heavy atom. The normalized spacial score (nSPS) is 18.9. The van der Waals surface area contributed by atoms with Crippen LogP contribution in [-0.2, 0) is 6.54 Å². The van der Waals surface area contributed by atoms with Crippen LogP contribution in [0.1, 0.15) is 23.3 Å². The van der Waals surface area contributed by atoms with Gasteiger partial charge >= 0.3 is 0 Å². The number of H-pyrrole nitrogens is 1. The van der Waals surface area contributed by atoms with Gasteiger partial charge in [-0.2, -0.15) is 0 Å². The molecule has 1 atom stereocenters. The molecule has 0 saturated carbocycles. The van der Waals surface area contributed by atoms with Crippen molar-refractivity contribution in [1.29, 1.82) is 0 Å². The lowest BCUT2D eigenvalue weighted by Gasteiger charge is -2.32. The third kappa shape index (κ3) is 2.54. The van der Waals surface area contributed by atoms with E-state index >= 15 is 0 Å². The summed E-state index contributed by atoms with van der Waals surface area (Å²) in [5.41, 5.74) is 1.77. The summed E-state index contributed by atoms with van der Waals surface area (Å²) in [7, 11) is 0. The van der Waals surface area contributed by atoms with E-state index in [1.807, 2.05) is 34.9 Å². The van der Waals surface area contributed by atoms with Gasteiger partial charge in [-0.3, -0.25) is 4.79 Å². The smallest absolute Gasteiger partial charge is 0.270 e. The summed E-state index contributed by atoms with van der Waals surface area (Å²) >= 11 is 1.66. The van der Waals surface area contributed by atoms with Gasteiger partial charge in [-0.25, -0.2) is 4.98 Å². The minimum absolute atomic E-state index is 0.124. The van der Waals surface area contributed by atoms with Gasteiger partial charge in [-0.05, 0) is 36.3 Å². The highest BCUT2D eigenvalue weighted by atomic mass is 32.1. The van der Waals surface area contributed by atoms with E-state index < -0.39 is 0 Å². The summed E-state index contributed by atoms with van der Waals surface area (Å²) in [5, 5.41) is 2.04. The number of thiophene rings is 1. The molecule has 1 amide bonds. The molecule has 4 rings (SSSR count). The first-order chi connectivity index (χ1) is 10.8. The largest absolute Gasteiger partial charge is 0.350 e. The zero-order chi connectivity index (χ0) is 14.9. The molecule has 0 bridgehead atoms. The highest BCUT2D eigenvalue weighted by Crippen LogP contribution is 2.24. The maximum atomic E-state index is 12.7. The van der Waals surface area contributed by atoms with Crippen LogP contribution >= 0.6 is 11.3 Å². The van der Waals surface area contributed by atoms with E-state index in [0.29, 0.717) is 11.6 Å². The van der Waals surface area contributed by atoms with Gasteiger partial charge in [0.1, 0.15) is 5.69 Å². The van der Waals surface area contributed by atoms with Crippen LogP contribution in [0, 0.1) is 5.92 Å². The molecule has 1 fully saturated rings. The number of rotatable bonds is 3. The molecule has 0 spiro atoms. The number of amides is 1. The summed E-state index contributed by atoms with van der Waals surface area (Å²) in [5.74, 6) is 0.627. The monoisotopic (exact) mass is 314 g/mol. The number of carbonyl (C=O) groups excluding carboxylic acids is 1. The molecule has 3 aromatic heterocycles. The van der Waals surface area contributed by atoms with Crippen molar-refractivity contribution in [3.8, 4) is 0 Å². The van der Waals surface area contributed by atoms with E-state index in [0.717, 1.165) is 36.3 Å². The van der Waals surface area contributed by atoms with Crippen molar-refractivity contribution in [3.63, 3.8) is 0 Å². The quantitative estimate of drug-likeness (QED) is 0.808. The van der Waals surface area contributed by atoms with Gasteiger partial charge in [0, 0.05) is 32.0 Å². The molecular formula is C16H18N4OS. The number of hydrogen-bond donors (Lipinski definition) is 1. The molecule has 5 nitrogen and oxygen atoms in total. The summed E-state index contributed by atoms with van der Waals surface area (Å²) in [4.78, 5) is 22.0. The minimum Gasteiger partial charge on any atom is -0.350 e. The molecule has 0 aliphatic carbocycles. The summed E-state index contributed by atoms with van der Waals surface area (Å²) < 4.78 is 3.25. The van der Waals surface area contributed by atoms with Crippen molar-refractivity contribution in [1.82, 2.24) is 19.4 Å². The van der Waals surface area contributed by atoms with Gasteiger partial charge in [-0.15, -0.1) is 11.3 Å². The second-order valence-corrected chi connectivity index (χ2v) is 6.85. The summed E-state index contributed by atoms with van der Waals surface area (Å²) in [6, 6.07) is 4.00. The van der Waals surface area contributed by atoms with Crippen LogP contribution in [0.4, 0.5) is 0 Å². The Labute approximate surface area is 132 Å². The topological polar surface area (TPSA) is 53.9 Å². The Morgan fingerprint density at radius 1 is 1.50 bits per heavy atom. The second-order valence-electron chi connectivity index (χ2n) is 5.90. The van der Waals surface area contributed by atoms with E-state index in [9.17, 15) is 4.79 Å². The molecule has 0 aromatic carbocycles. The fourth-order valence-corrected chi connectivity index (χ4v) is 4.01. The molecule has 4 heterocycles. The zero-order valence-electron chi connectivity index (χ0n) is 12.2. The Hall–Kier alpha value is -2.08. The van der Waals surface area contributed by atoms with Crippen LogP contribution in [0.3, 0.4) is 0 Å². The maximum Gasteiger partial charge on any atom is 0.270 e. The van der Waals surface area contributed by atoms with E-state index in [2.05, 4.69) is 14.5 Å². The van der Waals surface area contributed by atoms with Gasteiger partial charge in [0.15, 0.2) is 0 Å². The highest BCUT2D eigenvalue weighted by molar-refractivity contribution is 7.17. The van der Waals surface area contributed by atoms with E-state index in [1.165, 1.54) is 6.42 Å². The second kappa shape index (κ2) is 5.61. The molecule has 22 heavy (non-hydrogen) atoms. The van der Waals surface area contributed by atoms with Gasteiger partial charge in [-0.1, -0.05) is 0 Å². The number of hydrogen-bond acceptors (Lipinski definition) is 3. The van der Waals surface area contributed by atoms with Crippen LogP contribution in [0.25, 0.3) is 10.2 Å². The molecule has 6 heteroatoms. The van der Waals surface area contributed by atoms with Crippen LogP contribution < -0.4 is 0 Å². The van der Waals surface area contributed by atoms with Crippen LogP contribution in [0.5, 0.6) is 0 Å². The summed E-state index contributed by atoms with van der Waals surface area (Å²) in [6.07, 6.45) is 7.87. The third-order valence-corrected chi connectivity index (χ3v) is 5.17. The number of imidazole rings is 1. The fraction of sp³-hybridized carbons (Fsp3) is 0.375. The number of aromatic nitrogens is 3. The number of carbonyl (C=O) groups is 1. The number of nitrogens with zero attached hydrogens (tertiary/aromatic N) is 3. The first-order valence-electron chi connectivity index (χ1n) is 7.61. The zero-order valence-corrected chi connectivity index (χ0v) is 13.1. The third-order valence-electron chi connectivity index (χ3n) is 4.30. The average Bonchev–Trinajstić information content (AvgIpc) is 3.23. The van der Waals surface area contributed by atoms with Crippen molar-refractivity contribution in [2.75, 3.05) is 13.1 Å². The first-order valence-corrected chi connectivity index (χ1v) is 8.49. The predicted octanol–water partition coefficient (Wildman–Crippen LogP) is 2.98. The predicted molar refractivity (Wildman–Crippen MR) is 87.0 cm³/mol. The van der Waals surface area contributed by atoms with Crippen molar-refractivity contribution in [2.45, 2.75) is 19.4 Å². The number of likely N-dealkylation sites (tertiary alicyclic amines) is 1. The number of aromatic amines is 1. The Balaban J connectivity index is 1.47. The Kier molecular flexibility index (Phi) is 3.46. The SMILES string of the molecule is O=C(c1cc2sccc2[nH]1)N1CCC[C@H](Cn2ccnc2)C1. The lowest BCUT2D eigenvalue weighted by atomic mass is 9.97. The first kappa shape index (κ1) is 13.6. The molecule has 3 aromatic rings. The molecule has 1 N–H and O–H groups in total. The van der Waals surface area contributed by atoms with E-state index in [4.69, 9.17) is 0 Å². The molecule has 1 saturated heterocycles. The number of fused-ring (bicyclic) bond motifs is 1. The summed E-state index contributed by atoms with van der Waals surface area (Å²) in [6.45, 7) is 2.61. The molecule has 0 radical (unpaired) electrons. The van der Waals surface area contributed by atoms with Crippen LogP contribution in [-0.4, -0.2) is 38.4 Å². The van der Waals surface area contributed by atoms with E-state index in [1.54, 1.807) is 17.5 Å². The van der Waals surface area contributed by atoms with Crippen molar-refractivity contribution < 1.29 is 4.79 Å². The van der Waals surface area contributed by atoms with Crippen molar-refractivity contribution in [2.24, 2.45) is 5.92 Å². The minimum atomic E-state index is 0.124. The van der Waals surface area contributed by atoms with E-state index in [-0.39, 0.29) is 5.91 Å². The molecular weight excluding hydrogens is 296 g/mol.